The molecule has 22 heavy (non-hydrogen) atoms. The van der Waals surface area contributed by atoms with Crippen molar-refractivity contribution < 1.29 is 9.90 Å². The van der Waals surface area contributed by atoms with Crippen molar-refractivity contribution in [2.45, 2.75) is 26.2 Å². The summed E-state index contributed by atoms with van der Waals surface area (Å²) in [6.45, 7) is 4.91. The van der Waals surface area contributed by atoms with Gasteiger partial charge in [0.25, 0.3) is 5.91 Å². The minimum absolute atomic E-state index is 0.0536. The van der Waals surface area contributed by atoms with Gasteiger partial charge in [0.2, 0.25) is 0 Å². The smallest absolute Gasteiger partial charge is 0.274 e. The van der Waals surface area contributed by atoms with Gasteiger partial charge in [-0.25, -0.2) is 0 Å². The third kappa shape index (κ3) is 4.18. The van der Waals surface area contributed by atoms with Crippen LogP contribution in [0.2, 0.25) is 0 Å². The average Bonchev–Trinajstić information content (AvgIpc) is 3.02. The number of aromatic nitrogens is 2. The van der Waals surface area contributed by atoms with Crippen LogP contribution in [-0.2, 0) is 6.42 Å². The van der Waals surface area contributed by atoms with Crippen LogP contribution in [0.5, 0.6) is 0 Å². The molecule has 0 aliphatic rings. The maximum atomic E-state index is 12.5. The van der Waals surface area contributed by atoms with E-state index in [4.69, 9.17) is 0 Å². The highest BCUT2D eigenvalue weighted by atomic mass is 16.3. The number of amides is 1. The number of nitrogens with zero attached hydrogens (tertiary/aromatic N) is 2. The largest absolute Gasteiger partial charge is 0.395 e. The van der Waals surface area contributed by atoms with Crippen molar-refractivity contribution in [1.82, 2.24) is 15.1 Å². The van der Waals surface area contributed by atoms with Crippen molar-refractivity contribution in [3.8, 4) is 0 Å². The van der Waals surface area contributed by atoms with Crippen molar-refractivity contribution in [1.29, 1.82) is 0 Å². The van der Waals surface area contributed by atoms with Crippen LogP contribution in [0.25, 0.3) is 0 Å². The molecule has 0 spiro atoms. The summed E-state index contributed by atoms with van der Waals surface area (Å²) >= 11 is 0. The summed E-state index contributed by atoms with van der Waals surface area (Å²) in [6.07, 6.45) is 0.758. The van der Waals surface area contributed by atoms with E-state index in [-0.39, 0.29) is 12.5 Å². The lowest BCUT2D eigenvalue weighted by Gasteiger charge is -2.20. The maximum Gasteiger partial charge on any atom is 0.274 e. The zero-order valence-corrected chi connectivity index (χ0v) is 13.1. The summed E-state index contributed by atoms with van der Waals surface area (Å²) in [5.74, 6) is 0.151. The van der Waals surface area contributed by atoms with Gasteiger partial charge in [-0.2, -0.15) is 5.10 Å². The third-order valence-corrected chi connectivity index (χ3v) is 3.61. The Labute approximate surface area is 131 Å². The lowest BCUT2D eigenvalue weighted by molar-refractivity contribution is 0.0718. The molecule has 0 unspecified atom stereocenters. The van der Waals surface area contributed by atoms with E-state index in [2.05, 4.69) is 10.2 Å². The van der Waals surface area contributed by atoms with Crippen LogP contribution in [0.1, 0.15) is 41.5 Å². The molecule has 0 aliphatic heterocycles. The second-order valence-corrected chi connectivity index (χ2v) is 5.61. The highest BCUT2D eigenvalue weighted by molar-refractivity contribution is 5.92. The molecule has 0 saturated heterocycles. The number of carbonyl (C=O) groups excluding carboxylic acids is 1. The molecule has 1 heterocycles. The van der Waals surface area contributed by atoms with Crippen molar-refractivity contribution in [2.24, 2.45) is 0 Å². The third-order valence-electron chi connectivity index (χ3n) is 3.61. The Balaban J connectivity index is 2.04. The molecule has 2 rings (SSSR count). The molecule has 118 valence electrons. The fraction of sp³-hybridized carbons (Fsp3) is 0.412. The normalized spacial score (nSPS) is 10.9. The zero-order valence-electron chi connectivity index (χ0n) is 13.1. The molecule has 0 saturated carbocycles. The average molecular weight is 301 g/mol. The number of rotatable bonds is 7. The molecular formula is C17H23N3O2. The summed E-state index contributed by atoms with van der Waals surface area (Å²) in [5.41, 5.74) is 2.52. The lowest BCUT2D eigenvalue weighted by atomic mass is 10.1. The van der Waals surface area contributed by atoms with Crippen LogP contribution in [0.4, 0.5) is 0 Å². The molecule has 2 aromatic rings. The van der Waals surface area contributed by atoms with Crippen LogP contribution in [0.15, 0.2) is 36.4 Å². The number of aromatic amines is 1. The summed E-state index contributed by atoms with van der Waals surface area (Å²) in [6, 6.07) is 11.8. The highest BCUT2D eigenvalue weighted by Crippen LogP contribution is 2.13. The first-order chi connectivity index (χ1) is 10.6. The number of H-pyrrole nitrogens is 1. The Morgan fingerprint density at radius 2 is 2.00 bits per heavy atom. The number of benzene rings is 1. The molecule has 1 aromatic carbocycles. The Kier molecular flexibility index (Phi) is 5.72. The zero-order chi connectivity index (χ0) is 15.9. The van der Waals surface area contributed by atoms with Crippen molar-refractivity contribution in [3.05, 3.63) is 53.3 Å². The van der Waals surface area contributed by atoms with Crippen molar-refractivity contribution >= 4 is 5.91 Å². The number of hydrogen-bond donors (Lipinski definition) is 2. The quantitative estimate of drug-likeness (QED) is 0.824. The van der Waals surface area contributed by atoms with E-state index in [1.807, 2.05) is 44.2 Å². The lowest BCUT2D eigenvalue weighted by Crippen LogP contribution is -2.35. The van der Waals surface area contributed by atoms with E-state index in [9.17, 15) is 9.90 Å². The molecule has 5 heteroatoms. The molecule has 0 bridgehead atoms. The van der Waals surface area contributed by atoms with Gasteiger partial charge in [0, 0.05) is 18.8 Å². The molecule has 1 aromatic heterocycles. The van der Waals surface area contributed by atoms with Gasteiger partial charge in [0.1, 0.15) is 5.69 Å². The van der Waals surface area contributed by atoms with Gasteiger partial charge in [-0.3, -0.25) is 9.89 Å². The molecule has 0 atom stereocenters. The Morgan fingerprint density at radius 1 is 1.27 bits per heavy atom. The molecule has 0 fully saturated rings. The molecule has 2 N–H and O–H groups in total. The monoisotopic (exact) mass is 301 g/mol. The van der Waals surface area contributed by atoms with E-state index in [0.717, 1.165) is 12.1 Å². The molecule has 5 nitrogen and oxygen atoms in total. The summed E-state index contributed by atoms with van der Waals surface area (Å²) in [4.78, 5) is 14.2. The minimum Gasteiger partial charge on any atom is -0.395 e. The standard InChI is InChI=1S/C17H23N3O2/c1-13(2)15-12-16(19-18-15)17(22)20(10-11-21)9-8-14-6-4-3-5-7-14/h3-7,12-13,21H,8-11H2,1-2H3,(H,18,19). The van der Waals surface area contributed by atoms with Gasteiger partial charge in [-0.05, 0) is 24.0 Å². The number of nitrogens with one attached hydrogen (secondary N) is 1. The van der Waals surface area contributed by atoms with E-state index < -0.39 is 0 Å². The fourth-order valence-corrected chi connectivity index (χ4v) is 2.25. The van der Waals surface area contributed by atoms with Gasteiger partial charge in [0.05, 0.1) is 6.61 Å². The summed E-state index contributed by atoms with van der Waals surface area (Å²) < 4.78 is 0. The SMILES string of the molecule is CC(C)c1cc(C(=O)N(CCO)CCc2ccccc2)n[nH]1. The van der Waals surface area contributed by atoms with Gasteiger partial charge >= 0.3 is 0 Å². The van der Waals surface area contributed by atoms with E-state index in [0.29, 0.717) is 24.7 Å². The number of hydrogen-bond acceptors (Lipinski definition) is 3. The van der Waals surface area contributed by atoms with Gasteiger partial charge in [-0.15, -0.1) is 0 Å². The van der Waals surface area contributed by atoms with Crippen LogP contribution in [0, 0.1) is 0 Å². The molecule has 0 radical (unpaired) electrons. The second kappa shape index (κ2) is 7.75. The first-order valence-corrected chi connectivity index (χ1v) is 7.61. The number of aliphatic hydroxyl groups is 1. The number of carbonyl (C=O) groups is 1. The van der Waals surface area contributed by atoms with E-state index >= 15 is 0 Å². The Hall–Kier alpha value is -2.14. The maximum absolute atomic E-state index is 12.5. The summed E-state index contributed by atoms with van der Waals surface area (Å²) in [5, 5.41) is 16.2. The van der Waals surface area contributed by atoms with Crippen LogP contribution in [-0.4, -0.2) is 45.8 Å². The fourth-order valence-electron chi connectivity index (χ4n) is 2.25. The Morgan fingerprint density at radius 3 is 2.59 bits per heavy atom. The number of aliphatic hydroxyl groups excluding tert-OH is 1. The highest BCUT2D eigenvalue weighted by Gasteiger charge is 2.19. The predicted molar refractivity (Wildman–Crippen MR) is 85.8 cm³/mol. The first kappa shape index (κ1) is 16.2. The first-order valence-electron chi connectivity index (χ1n) is 7.61. The van der Waals surface area contributed by atoms with Gasteiger partial charge in [0.15, 0.2) is 0 Å². The van der Waals surface area contributed by atoms with Crippen molar-refractivity contribution in [2.75, 3.05) is 19.7 Å². The minimum atomic E-state index is -0.145. The van der Waals surface area contributed by atoms with Gasteiger partial charge in [-0.1, -0.05) is 44.2 Å². The molecular weight excluding hydrogens is 278 g/mol. The van der Waals surface area contributed by atoms with Gasteiger partial charge < -0.3 is 10.0 Å². The second-order valence-electron chi connectivity index (χ2n) is 5.61. The predicted octanol–water partition coefficient (Wildman–Crippen LogP) is 2.21. The van der Waals surface area contributed by atoms with E-state index in [1.165, 1.54) is 5.56 Å². The van der Waals surface area contributed by atoms with E-state index in [1.54, 1.807) is 11.0 Å². The molecule has 1 amide bonds. The van der Waals surface area contributed by atoms with Crippen LogP contribution >= 0.6 is 0 Å². The van der Waals surface area contributed by atoms with Crippen molar-refractivity contribution in [3.63, 3.8) is 0 Å². The topological polar surface area (TPSA) is 69.2 Å². The summed E-state index contributed by atoms with van der Waals surface area (Å²) in [7, 11) is 0. The van der Waals surface area contributed by atoms with Crippen LogP contribution < -0.4 is 0 Å². The van der Waals surface area contributed by atoms with Crippen LogP contribution in [0.3, 0.4) is 0 Å². The molecule has 0 aliphatic carbocycles. The Bertz CT molecular complexity index is 593.